The summed E-state index contributed by atoms with van der Waals surface area (Å²) < 4.78 is 51.6. The van der Waals surface area contributed by atoms with Gasteiger partial charge >= 0.3 is 0 Å². The molecule has 0 unspecified atom stereocenters. The van der Waals surface area contributed by atoms with Crippen LogP contribution in [0.2, 0.25) is 5.02 Å². The SMILES string of the molecule is Cc1ccc(N([C@H](C)C(=O)Nc2ccc(F)c(F)c2)S(C)(=O)=O)cc1Cl. The maximum absolute atomic E-state index is 13.3. The molecular formula is C17H17ClF2N2O3S. The van der Waals surface area contributed by atoms with Crippen molar-refractivity contribution < 1.29 is 22.0 Å². The number of carbonyl (C=O) groups is 1. The van der Waals surface area contributed by atoms with E-state index < -0.39 is 33.6 Å². The number of aryl methyl sites for hydroxylation is 1. The molecule has 0 fully saturated rings. The molecule has 0 bridgehead atoms. The summed E-state index contributed by atoms with van der Waals surface area (Å²) in [5.74, 6) is -2.89. The minimum atomic E-state index is -3.82. The molecule has 1 atom stereocenters. The van der Waals surface area contributed by atoms with Crippen molar-refractivity contribution in [3.8, 4) is 0 Å². The number of anilines is 2. The van der Waals surface area contributed by atoms with Gasteiger partial charge in [-0.15, -0.1) is 0 Å². The molecule has 0 radical (unpaired) electrons. The van der Waals surface area contributed by atoms with Crippen LogP contribution in [-0.2, 0) is 14.8 Å². The fourth-order valence-corrected chi connectivity index (χ4v) is 3.69. The highest BCUT2D eigenvalue weighted by Gasteiger charge is 2.29. The predicted molar refractivity (Wildman–Crippen MR) is 98.0 cm³/mol. The van der Waals surface area contributed by atoms with Gasteiger partial charge in [-0.2, -0.15) is 0 Å². The Morgan fingerprint density at radius 1 is 1.15 bits per heavy atom. The Morgan fingerprint density at radius 2 is 1.81 bits per heavy atom. The summed E-state index contributed by atoms with van der Waals surface area (Å²) in [5.41, 5.74) is 0.981. The summed E-state index contributed by atoms with van der Waals surface area (Å²) in [7, 11) is -3.82. The number of hydrogen-bond donors (Lipinski definition) is 1. The van der Waals surface area contributed by atoms with E-state index in [4.69, 9.17) is 11.6 Å². The quantitative estimate of drug-likeness (QED) is 0.828. The molecule has 2 aromatic rings. The van der Waals surface area contributed by atoms with Crippen molar-refractivity contribution in [2.45, 2.75) is 19.9 Å². The smallest absolute Gasteiger partial charge is 0.247 e. The van der Waals surface area contributed by atoms with Gasteiger partial charge in [0.1, 0.15) is 6.04 Å². The minimum absolute atomic E-state index is 0.0103. The first-order valence-corrected chi connectivity index (χ1v) is 9.75. The highest BCUT2D eigenvalue weighted by molar-refractivity contribution is 7.92. The van der Waals surface area contributed by atoms with E-state index in [1.54, 1.807) is 13.0 Å². The third kappa shape index (κ3) is 4.50. The van der Waals surface area contributed by atoms with E-state index in [2.05, 4.69) is 5.32 Å². The van der Waals surface area contributed by atoms with Crippen molar-refractivity contribution in [3.05, 3.63) is 58.6 Å². The number of amides is 1. The Morgan fingerprint density at radius 3 is 2.35 bits per heavy atom. The monoisotopic (exact) mass is 402 g/mol. The molecule has 26 heavy (non-hydrogen) atoms. The van der Waals surface area contributed by atoms with Crippen molar-refractivity contribution in [1.29, 1.82) is 0 Å². The Labute approximate surface area is 155 Å². The number of sulfonamides is 1. The molecule has 0 aliphatic carbocycles. The van der Waals surface area contributed by atoms with E-state index in [1.165, 1.54) is 25.1 Å². The second kappa shape index (κ2) is 7.59. The average molecular weight is 403 g/mol. The molecule has 2 rings (SSSR count). The summed E-state index contributed by atoms with van der Waals surface area (Å²) >= 11 is 6.06. The lowest BCUT2D eigenvalue weighted by atomic mass is 10.2. The Hall–Kier alpha value is -2.19. The highest BCUT2D eigenvalue weighted by atomic mass is 35.5. The summed E-state index contributed by atoms with van der Waals surface area (Å²) in [6, 6.07) is 6.31. The number of carbonyl (C=O) groups excluding carboxylic acids is 1. The molecule has 0 aromatic heterocycles. The topological polar surface area (TPSA) is 66.5 Å². The van der Waals surface area contributed by atoms with Crippen molar-refractivity contribution in [3.63, 3.8) is 0 Å². The number of hydrogen-bond acceptors (Lipinski definition) is 3. The lowest BCUT2D eigenvalue weighted by Gasteiger charge is -2.28. The highest BCUT2D eigenvalue weighted by Crippen LogP contribution is 2.27. The fourth-order valence-electron chi connectivity index (χ4n) is 2.35. The molecule has 2 aromatic carbocycles. The zero-order chi connectivity index (χ0) is 19.6. The van der Waals surface area contributed by atoms with Gasteiger partial charge in [0.25, 0.3) is 0 Å². The number of benzene rings is 2. The molecule has 1 N–H and O–H groups in total. The van der Waals surface area contributed by atoms with Crippen molar-refractivity contribution in [1.82, 2.24) is 0 Å². The lowest BCUT2D eigenvalue weighted by molar-refractivity contribution is -0.116. The molecule has 0 aliphatic rings. The molecule has 140 valence electrons. The van der Waals surface area contributed by atoms with Crippen LogP contribution in [0.1, 0.15) is 12.5 Å². The molecule has 0 spiro atoms. The first-order valence-electron chi connectivity index (χ1n) is 7.52. The van der Waals surface area contributed by atoms with Crippen LogP contribution in [0, 0.1) is 18.6 Å². The average Bonchev–Trinajstić information content (AvgIpc) is 2.53. The predicted octanol–water partition coefficient (Wildman–Crippen LogP) is 3.72. The van der Waals surface area contributed by atoms with Crippen LogP contribution in [0.5, 0.6) is 0 Å². The summed E-state index contributed by atoms with van der Waals surface area (Å²) in [6.07, 6.45) is 0.960. The minimum Gasteiger partial charge on any atom is -0.324 e. The Bertz CT molecular complexity index is 951. The normalized spacial score (nSPS) is 12.5. The molecule has 1 amide bonds. The van der Waals surface area contributed by atoms with Crippen LogP contribution in [0.3, 0.4) is 0 Å². The summed E-state index contributed by atoms with van der Waals surface area (Å²) in [6.45, 7) is 3.14. The number of rotatable bonds is 5. The number of halogens is 3. The van der Waals surface area contributed by atoms with Gasteiger partial charge in [0.15, 0.2) is 11.6 Å². The second-order valence-electron chi connectivity index (χ2n) is 5.79. The van der Waals surface area contributed by atoms with E-state index in [0.29, 0.717) is 5.02 Å². The van der Waals surface area contributed by atoms with Gasteiger partial charge in [0.05, 0.1) is 11.9 Å². The van der Waals surface area contributed by atoms with Crippen LogP contribution in [0.25, 0.3) is 0 Å². The molecule has 9 heteroatoms. The van der Waals surface area contributed by atoms with Gasteiger partial charge in [-0.25, -0.2) is 17.2 Å². The zero-order valence-electron chi connectivity index (χ0n) is 14.3. The first-order chi connectivity index (χ1) is 12.0. The van der Waals surface area contributed by atoms with Crippen LogP contribution < -0.4 is 9.62 Å². The standard InChI is InChI=1S/C17H17ClF2N2O3S/c1-10-4-6-13(9-14(10)18)22(26(3,24)25)11(2)17(23)21-12-5-7-15(19)16(20)8-12/h4-9,11H,1-3H3,(H,21,23)/t11-/m1/s1. The van der Waals surface area contributed by atoms with Crippen LogP contribution in [0.15, 0.2) is 36.4 Å². The van der Waals surface area contributed by atoms with E-state index in [1.807, 2.05) is 0 Å². The molecule has 0 aliphatic heterocycles. The molecular weight excluding hydrogens is 386 g/mol. The second-order valence-corrected chi connectivity index (χ2v) is 8.05. The lowest BCUT2D eigenvalue weighted by Crippen LogP contribution is -2.45. The third-order valence-electron chi connectivity index (χ3n) is 3.69. The molecule has 5 nitrogen and oxygen atoms in total. The maximum Gasteiger partial charge on any atom is 0.247 e. The van der Waals surface area contributed by atoms with Crippen molar-refractivity contribution >= 4 is 38.9 Å². The fraction of sp³-hybridized carbons (Fsp3) is 0.235. The van der Waals surface area contributed by atoms with Gasteiger partial charge in [-0.05, 0) is 43.7 Å². The van der Waals surface area contributed by atoms with Gasteiger partial charge in [0.2, 0.25) is 15.9 Å². The molecule has 0 saturated carbocycles. The van der Waals surface area contributed by atoms with Gasteiger partial charge < -0.3 is 5.32 Å². The van der Waals surface area contributed by atoms with E-state index in [9.17, 15) is 22.0 Å². The van der Waals surface area contributed by atoms with E-state index >= 15 is 0 Å². The number of nitrogens with one attached hydrogen (secondary N) is 1. The zero-order valence-corrected chi connectivity index (χ0v) is 15.8. The Kier molecular flexibility index (Phi) is 5.87. The number of nitrogens with zero attached hydrogens (tertiary/aromatic N) is 1. The summed E-state index contributed by atoms with van der Waals surface area (Å²) in [4.78, 5) is 12.5. The van der Waals surface area contributed by atoms with Gasteiger partial charge in [-0.1, -0.05) is 17.7 Å². The van der Waals surface area contributed by atoms with Crippen LogP contribution in [0.4, 0.5) is 20.2 Å². The third-order valence-corrected chi connectivity index (χ3v) is 5.33. The Balaban J connectivity index is 2.34. The van der Waals surface area contributed by atoms with Crippen LogP contribution in [-0.4, -0.2) is 26.6 Å². The first kappa shape index (κ1) is 20.1. The van der Waals surface area contributed by atoms with Gasteiger partial charge in [-0.3, -0.25) is 9.10 Å². The van der Waals surface area contributed by atoms with Crippen LogP contribution >= 0.6 is 11.6 Å². The van der Waals surface area contributed by atoms with E-state index in [0.717, 1.165) is 28.3 Å². The largest absolute Gasteiger partial charge is 0.324 e. The van der Waals surface area contributed by atoms with Gasteiger partial charge in [0, 0.05) is 16.8 Å². The van der Waals surface area contributed by atoms with Crippen molar-refractivity contribution in [2.24, 2.45) is 0 Å². The molecule has 0 saturated heterocycles. The molecule has 0 heterocycles. The summed E-state index contributed by atoms with van der Waals surface area (Å²) in [5, 5.41) is 2.72. The van der Waals surface area contributed by atoms with Crippen molar-refractivity contribution in [2.75, 3.05) is 15.9 Å². The maximum atomic E-state index is 13.3. The van der Waals surface area contributed by atoms with E-state index in [-0.39, 0.29) is 11.4 Å².